The van der Waals surface area contributed by atoms with Crippen LogP contribution in [0.4, 0.5) is 87.9 Å². The van der Waals surface area contributed by atoms with E-state index in [0.717, 1.165) is 0 Å². The third-order valence-electron chi connectivity index (χ3n) is 3.83. The summed E-state index contributed by atoms with van der Waals surface area (Å²) in [6.07, 6.45) is -14.9. The summed E-state index contributed by atoms with van der Waals surface area (Å²) in [4.78, 5) is 1.17. The van der Waals surface area contributed by atoms with Gasteiger partial charge in [-0.15, -0.1) is 9.25 Å². The van der Waals surface area contributed by atoms with Crippen molar-refractivity contribution in [1.82, 2.24) is 4.31 Å². The van der Waals surface area contributed by atoms with Crippen molar-refractivity contribution in [3.05, 3.63) is 0 Å². The van der Waals surface area contributed by atoms with Crippen LogP contribution in [0.2, 0.25) is 0 Å². The molecule has 0 aliphatic heterocycles. The van der Waals surface area contributed by atoms with Gasteiger partial charge in [0.1, 0.15) is 0 Å². The van der Waals surface area contributed by atoms with E-state index in [-0.39, 0.29) is 0 Å². The molecule has 0 saturated carbocycles. The molecule has 0 amide bonds. The molecule has 0 aromatic rings. The van der Waals surface area contributed by atoms with Gasteiger partial charge >= 0.3 is 53.2 Å². The third kappa shape index (κ3) is 4.13. The molecule has 212 valence electrons. The monoisotopic (exact) mass is 597 g/mol. The molecule has 0 aromatic carbocycles. The Morgan fingerprint density at radius 2 is 0.829 bits per heavy atom. The van der Waals surface area contributed by atoms with E-state index >= 15 is 0 Å². The van der Waals surface area contributed by atoms with E-state index in [1.54, 1.807) is 0 Å². The zero-order valence-electron chi connectivity index (χ0n) is 15.1. The van der Waals surface area contributed by atoms with Crippen molar-refractivity contribution in [1.29, 1.82) is 0 Å². The quantitative estimate of drug-likeness (QED) is 0.241. The topological polar surface area (TPSA) is 46.6 Å². The Morgan fingerprint density at radius 3 is 1.11 bits per heavy atom. The molecule has 4 nitrogen and oxygen atoms in total. The Bertz CT molecular complexity index is 891. The maximum atomic E-state index is 13.6. The lowest BCUT2D eigenvalue weighted by molar-refractivity contribution is -0.449. The van der Waals surface area contributed by atoms with Gasteiger partial charge in [-0.05, 0) is 4.53 Å². The van der Waals surface area contributed by atoms with Gasteiger partial charge in [0.2, 0.25) is 0 Å². The molecule has 0 aromatic heterocycles. The molecular formula is C10H3F20NO3S. The summed E-state index contributed by atoms with van der Waals surface area (Å²) in [7, 11) is -10.0. The number of nitrogens with zero attached hydrogens (tertiary/aromatic N) is 1. The van der Waals surface area contributed by atoms with Gasteiger partial charge in [-0.3, -0.25) is 0 Å². The predicted octanol–water partition coefficient (Wildman–Crippen LogP) is 5.67. The van der Waals surface area contributed by atoms with Crippen LogP contribution in [0.3, 0.4) is 0 Å². The largest absolute Gasteiger partial charge is 0.465 e. The standard InChI is InChI=1S/C10H3F20NO3S/c1-31(8(24,25)9(26,27)34-30)35(32,33)10(28,29)6(19,20)4(15,16)2(11,12)3(13,14)5(17,18)7(21,22)23/h1H3. The Labute approximate surface area is 177 Å². The van der Waals surface area contributed by atoms with Crippen LogP contribution in [0.25, 0.3) is 0 Å². The first-order valence-corrected chi connectivity index (χ1v) is 8.53. The first-order valence-electron chi connectivity index (χ1n) is 7.09. The molecule has 0 aliphatic rings. The van der Waals surface area contributed by atoms with Gasteiger partial charge in [-0.2, -0.15) is 83.4 Å². The van der Waals surface area contributed by atoms with Crippen LogP contribution in [0, 0.1) is 0 Å². The second-order valence-corrected chi connectivity index (χ2v) is 8.00. The van der Waals surface area contributed by atoms with Crippen LogP contribution in [0.5, 0.6) is 0 Å². The molecule has 0 rings (SSSR count). The highest BCUT2D eigenvalue weighted by atomic mass is 32.2. The molecule has 0 atom stereocenters. The summed E-state index contributed by atoms with van der Waals surface area (Å²) in [6.45, 7) is 0. The van der Waals surface area contributed by atoms with Gasteiger partial charge in [0, 0.05) is 7.05 Å². The second kappa shape index (κ2) is 8.24. The summed E-state index contributed by atoms with van der Waals surface area (Å²) >= 11 is 0. The van der Waals surface area contributed by atoms with Crippen molar-refractivity contribution in [3.8, 4) is 0 Å². The van der Waals surface area contributed by atoms with Crippen molar-refractivity contribution in [2.45, 2.75) is 53.2 Å². The molecule has 0 spiro atoms. The molecule has 0 radical (unpaired) electrons. The summed E-state index contributed by atoms with van der Waals surface area (Å²) in [5.41, 5.74) is 0. The van der Waals surface area contributed by atoms with Crippen LogP contribution in [0.15, 0.2) is 0 Å². The van der Waals surface area contributed by atoms with Gasteiger partial charge in [0.15, 0.2) is 0 Å². The number of likely N-dealkylation sites (N-methyl/N-ethyl adjacent to an activating group) is 1. The molecule has 0 aliphatic carbocycles. The van der Waals surface area contributed by atoms with Gasteiger partial charge < -0.3 is 0 Å². The minimum Gasteiger partial charge on any atom is -0.205 e. The van der Waals surface area contributed by atoms with Crippen molar-refractivity contribution in [2.24, 2.45) is 0 Å². The number of hydrogen-bond acceptors (Lipinski definition) is 3. The summed E-state index contributed by atoms with van der Waals surface area (Å²) in [6, 6.07) is -7.12. The maximum Gasteiger partial charge on any atom is 0.465 e. The van der Waals surface area contributed by atoms with Crippen LogP contribution in [-0.4, -0.2) is 73.0 Å². The average molecular weight is 597 g/mol. The van der Waals surface area contributed by atoms with E-state index < -0.39 is 74.6 Å². The second-order valence-electron chi connectivity index (χ2n) is 5.99. The van der Waals surface area contributed by atoms with Crippen molar-refractivity contribution >= 4 is 10.0 Å². The van der Waals surface area contributed by atoms with Crippen molar-refractivity contribution < 1.29 is 101 Å². The zero-order valence-corrected chi connectivity index (χ0v) is 16.0. The fraction of sp³-hybridized carbons (Fsp3) is 1.00. The molecule has 35 heavy (non-hydrogen) atoms. The Morgan fingerprint density at radius 1 is 0.543 bits per heavy atom. The summed E-state index contributed by atoms with van der Waals surface area (Å²) in [5, 5.41) is -8.42. The molecule has 25 heteroatoms. The smallest absolute Gasteiger partial charge is 0.205 e. The fourth-order valence-corrected chi connectivity index (χ4v) is 2.87. The van der Waals surface area contributed by atoms with E-state index in [4.69, 9.17) is 0 Å². The highest BCUT2D eigenvalue weighted by molar-refractivity contribution is 7.90. The minimum absolute atomic E-state index is 1.17. The number of alkyl halides is 19. The molecule has 0 unspecified atom stereocenters. The Hall–Kier alpha value is -1.53. The molecule has 0 bridgehead atoms. The molecular weight excluding hydrogens is 594 g/mol. The van der Waals surface area contributed by atoms with Crippen molar-refractivity contribution in [2.75, 3.05) is 7.05 Å². The van der Waals surface area contributed by atoms with E-state index in [1.165, 1.54) is 4.94 Å². The molecule has 0 heterocycles. The highest BCUT2D eigenvalue weighted by Gasteiger charge is 2.95. The van der Waals surface area contributed by atoms with Gasteiger partial charge in [0.05, 0.1) is 0 Å². The van der Waals surface area contributed by atoms with E-state index in [2.05, 4.69) is 0 Å². The Balaban J connectivity index is 7.04. The van der Waals surface area contributed by atoms with Crippen LogP contribution < -0.4 is 0 Å². The number of halogens is 20. The van der Waals surface area contributed by atoms with Crippen LogP contribution in [0.1, 0.15) is 0 Å². The third-order valence-corrected chi connectivity index (χ3v) is 5.68. The van der Waals surface area contributed by atoms with Gasteiger partial charge in [-0.1, -0.05) is 0 Å². The maximum absolute atomic E-state index is 13.6. The van der Waals surface area contributed by atoms with Crippen LogP contribution in [-0.2, 0) is 15.0 Å². The molecule has 0 N–H and O–H groups in total. The molecule has 0 saturated heterocycles. The minimum atomic E-state index is -9.01. The average Bonchev–Trinajstić information content (AvgIpc) is 2.64. The highest BCUT2D eigenvalue weighted by Crippen LogP contribution is 2.63. The normalized spacial score (nSPS) is 16.7. The van der Waals surface area contributed by atoms with E-state index in [0.29, 0.717) is 0 Å². The molecule has 0 fully saturated rings. The summed E-state index contributed by atoms with van der Waals surface area (Å²) in [5.74, 6) is -44.0. The predicted molar refractivity (Wildman–Crippen MR) is 64.5 cm³/mol. The van der Waals surface area contributed by atoms with Crippen LogP contribution >= 0.6 is 0 Å². The van der Waals surface area contributed by atoms with Gasteiger partial charge in [-0.25, -0.2) is 8.42 Å². The Kier molecular flexibility index (Phi) is 7.88. The van der Waals surface area contributed by atoms with Crippen molar-refractivity contribution in [3.63, 3.8) is 0 Å². The fourth-order valence-electron chi connectivity index (χ4n) is 1.67. The number of hydrogen-bond donors (Lipinski definition) is 0. The lowest BCUT2D eigenvalue weighted by Crippen LogP contribution is -2.74. The first-order chi connectivity index (χ1) is 14.7. The van der Waals surface area contributed by atoms with Gasteiger partial charge in [0.25, 0.3) is 10.0 Å². The zero-order chi connectivity index (χ0) is 29.3. The summed E-state index contributed by atoms with van der Waals surface area (Å²) < 4.78 is 277. The number of rotatable bonds is 10. The lowest BCUT2D eigenvalue weighted by atomic mass is 9.94. The lowest BCUT2D eigenvalue weighted by Gasteiger charge is -2.42. The van der Waals surface area contributed by atoms with E-state index in [1.807, 2.05) is 0 Å². The van der Waals surface area contributed by atoms with E-state index in [9.17, 15) is 96.4 Å². The SMILES string of the molecule is CN(C(F)(F)C(F)(F)OF)S(=O)(=O)C(F)(F)C(F)(F)C(F)(F)C(F)(F)C(F)(F)C(F)(F)C(F)(F)F. The number of sulfonamides is 1. The first kappa shape index (κ1) is 33.5.